The van der Waals surface area contributed by atoms with Crippen molar-refractivity contribution in [1.29, 1.82) is 0 Å². The average Bonchev–Trinajstić information content (AvgIpc) is 2.33. The Morgan fingerprint density at radius 3 is 2.67 bits per heavy atom. The maximum Gasteiger partial charge on any atom is 0.233 e. The maximum absolute atomic E-state index is 11.8. The number of carbonyl (C=O) groups is 1. The van der Waals surface area contributed by atoms with Crippen LogP contribution in [0, 0.1) is 10.8 Å². The summed E-state index contributed by atoms with van der Waals surface area (Å²) in [7, 11) is 0. The molecule has 1 aliphatic heterocycles. The third-order valence-corrected chi connectivity index (χ3v) is 4.33. The van der Waals surface area contributed by atoms with Crippen molar-refractivity contribution in [3.05, 3.63) is 0 Å². The molecule has 0 N–H and O–H groups in total. The Morgan fingerprint density at radius 2 is 2.07 bits per heavy atom. The van der Waals surface area contributed by atoms with Gasteiger partial charge < -0.3 is 4.90 Å². The van der Waals surface area contributed by atoms with Gasteiger partial charge in [0.2, 0.25) is 5.91 Å². The SMILES string of the molecule is CC1(C)CC2CC(C)(CN2C(=O)CBr)C1. The molecule has 2 fully saturated rings. The number of alkyl halides is 1. The predicted molar refractivity (Wildman–Crippen MR) is 65.0 cm³/mol. The first-order valence-electron chi connectivity index (χ1n) is 5.71. The van der Waals surface area contributed by atoms with Crippen LogP contribution < -0.4 is 0 Å². The van der Waals surface area contributed by atoms with E-state index in [1.165, 1.54) is 19.3 Å². The van der Waals surface area contributed by atoms with Crippen LogP contribution in [-0.2, 0) is 4.79 Å². The minimum atomic E-state index is 0.265. The number of hydrogen-bond donors (Lipinski definition) is 0. The highest BCUT2D eigenvalue weighted by molar-refractivity contribution is 9.09. The highest BCUT2D eigenvalue weighted by Crippen LogP contribution is 2.52. The lowest BCUT2D eigenvalue weighted by atomic mass is 9.65. The lowest BCUT2D eigenvalue weighted by Gasteiger charge is -2.39. The van der Waals surface area contributed by atoms with Crippen molar-refractivity contribution in [2.75, 3.05) is 11.9 Å². The van der Waals surface area contributed by atoms with E-state index >= 15 is 0 Å². The molecule has 2 unspecified atom stereocenters. The molecule has 86 valence electrons. The van der Waals surface area contributed by atoms with E-state index in [2.05, 4.69) is 41.6 Å². The number of nitrogens with zero attached hydrogens (tertiary/aromatic N) is 1. The Morgan fingerprint density at radius 1 is 1.40 bits per heavy atom. The molecule has 2 bridgehead atoms. The van der Waals surface area contributed by atoms with Gasteiger partial charge in [-0.2, -0.15) is 0 Å². The summed E-state index contributed by atoms with van der Waals surface area (Å²) in [6.07, 6.45) is 3.62. The van der Waals surface area contributed by atoms with Gasteiger partial charge in [0.1, 0.15) is 0 Å². The highest BCUT2D eigenvalue weighted by atomic mass is 79.9. The Balaban J connectivity index is 2.20. The van der Waals surface area contributed by atoms with Gasteiger partial charge in [-0.15, -0.1) is 0 Å². The van der Waals surface area contributed by atoms with E-state index in [0.29, 0.717) is 22.2 Å². The van der Waals surface area contributed by atoms with Crippen molar-refractivity contribution in [1.82, 2.24) is 4.90 Å². The van der Waals surface area contributed by atoms with E-state index in [-0.39, 0.29) is 5.91 Å². The topological polar surface area (TPSA) is 20.3 Å². The molecule has 0 radical (unpaired) electrons. The van der Waals surface area contributed by atoms with E-state index in [1.54, 1.807) is 0 Å². The van der Waals surface area contributed by atoms with E-state index in [0.717, 1.165) is 6.54 Å². The average molecular weight is 274 g/mol. The zero-order valence-corrected chi connectivity index (χ0v) is 11.4. The zero-order valence-electron chi connectivity index (χ0n) is 9.85. The second kappa shape index (κ2) is 3.47. The fourth-order valence-electron chi connectivity index (χ4n) is 3.83. The van der Waals surface area contributed by atoms with Gasteiger partial charge >= 0.3 is 0 Å². The summed E-state index contributed by atoms with van der Waals surface area (Å²) in [4.78, 5) is 13.9. The van der Waals surface area contributed by atoms with E-state index in [1.807, 2.05) is 0 Å². The van der Waals surface area contributed by atoms with Crippen LogP contribution in [0.5, 0.6) is 0 Å². The van der Waals surface area contributed by atoms with Crippen molar-refractivity contribution in [3.63, 3.8) is 0 Å². The van der Waals surface area contributed by atoms with E-state index < -0.39 is 0 Å². The Hall–Kier alpha value is -0.0500. The highest BCUT2D eigenvalue weighted by Gasteiger charge is 2.50. The summed E-state index contributed by atoms with van der Waals surface area (Å²) in [5.74, 6) is 0.265. The number of carbonyl (C=O) groups excluding carboxylic acids is 1. The number of amides is 1. The lowest BCUT2D eigenvalue weighted by molar-refractivity contribution is -0.129. The van der Waals surface area contributed by atoms with Gasteiger partial charge in [-0.3, -0.25) is 4.79 Å². The molecule has 2 rings (SSSR count). The minimum Gasteiger partial charge on any atom is -0.338 e. The number of fused-ring (bicyclic) bond motifs is 2. The summed E-state index contributed by atoms with van der Waals surface area (Å²) in [6, 6.07) is 0.490. The number of hydrogen-bond acceptors (Lipinski definition) is 1. The van der Waals surface area contributed by atoms with Crippen molar-refractivity contribution in [2.45, 2.75) is 46.1 Å². The van der Waals surface area contributed by atoms with Crippen LogP contribution in [0.3, 0.4) is 0 Å². The minimum absolute atomic E-state index is 0.265. The molecule has 0 aromatic rings. The monoisotopic (exact) mass is 273 g/mol. The normalized spacial score (nSPS) is 38.1. The zero-order chi connectivity index (χ0) is 11.3. The first-order valence-corrected chi connectivity index (χ1v) is 6.83. The fourth-order valence-corrected chi connectivity index (χ4v) is 4.15. The standard InChI is InChI=1S/C12H20BrNO/c1-11(2)4-9-5-12(3,7-11)8-14(9)10(15)6-13/h9H,4-8H2,1-3H3. The van der Waals surface area contributed by atoms with Crippen molar-refractivity contribution in [3.8, 4) is 0 Å². The summed E-state index contributed by atoms with van der Waals surface area (Å²) >= 11 is 3.28. The molecule has 0 spiro atoms. The lowest BCUT2D eigenvalue weighted by Crippen LogP contribution is -2.38. The van der Waals surface area contributed by atoms with Crippen LogP contribution in [-0.4, -0.2) is 28.7 Å². The first kappa shape index (κ1) is 11.4. The summed E-state index contributed by atoms with van der Waals surface area (Å²) < 4.78 is 0. The Bertz CT molecular complexity index is 289. The van der Waals surface area contributed by atoms with E-state index in [4.69, 9.17) is 0 Å². The Labute approximate surface area is 101 Å². The Kier molecular flexibility index (Phi) is 2.65. The molecule has 0 aromatic carbocycles. The van der Waals surface area contributed by atoms with Gasteiger partial charge in [0.15, 0.2) is 0 Å². The second-order valence-corrected chi connectivity index (χ2v) is 6.93. The van der Waals surface area contributed by atoms with Crippen molar-refractivity contribution in [2.24, 2.45) is 10.8 Å². The molecular formula is C12H20BrNO. The molecule has 1 aliphatic carbocycles. The molecule has 2 nitrogen and oxygen atoms in total. The quantitative estimate of drug-likeness (QED) is 0.673. The molecule has 15 heavy (non-hydrogen) atoms. The van der Waals surface area contributed by atoms with Crippen LogP contribution >= 0.6 is 15.9 Å². The molecule has 3 heteroatoms. The van der Waals surface area contributed by atoms with Gasteiger partial charge in [0.05, 0.1) is 5.33 Å². The predicted octanol–water partition coefficient (Wildman–Crippen LogP) is 2.81. The van der Waals surface area contributed by atoms with Crippen LogP contribution in [0.25, 0.3) is 0 Å². The number of likely N-dealkylation sites (tertiary alicyclic amines) is 1. The third kappa shape index (κ3) is 2.08. The molecule has 0 aromatic heterocycles. The van der Waals surface area contributed by atoms with Crippen LogP contribution in [0.15, 0.2) is 0 Å². The molecule has 2 atom stereocenters. The molecule has 1 saturated heterocycles. The third-order valence-electron chi connectivity index (χ3n) is 3.85. The van der Waals surface area contributed by atoms with Crippen LogP contribution in [0.4, 0.5) is 0 Å². The van der Waals surface area contributed by atoms with Gasteiger partial charge in [0, 0.05) is 12.6 Å². The molecule has 1 amide bonds. The smallest absolute Gasteiger partial charge is 0.233 e. The van der Waals surface area contributed by atoms with Crippen molar-refractivity contribution >= 4 is 21.8 Å². The second-order valence-electron chi connectivity index (χ2n) is 6.37. The summed E-state index contributed by atoms with van der Waals surface area (Å²) in [5.41, 5.74) is 0.767. The largest absolute Gasteiger partial charge is 0.338 e. The summed E-state index contributed by atoms with van der Waals surface area (Å²) in [6.45, 7) is 7.97. The first-order chi connectivity index (χ1) is 6.85. The fraction of sp³-hybridized carbons (Fsp3) is 0.917. The van der Waals surface area contributed by atoms with Gasteiger partial charge in [-0.1, -0.05) is 36.7 Å². The number of halogens is 1. The van der Waals surface area contributed by atoms with Crippen LogP contribution in [0.1, 0.15) is 40.0 Å². The molecular weight excluding hydrogens is 254 g/mol. The number of rotatable bonds is 1. The van der Waals surface area contributed by atoms with Gasteiger partial charge in [0.25, 0.3) is 0 Å². The molecule has 1 saturated carbocycles. The van der Waals surface area contributed by atoms with Crippen molar-refractivity contribution < 1.29 is 4.79 Å². The molecule has 2 aliphatic rings. The summed E-state index contributed by atoms with van der Waals surface area (Å²) in [5, 5.41) is 0.472. The molecule has 1 heterocycles. The van der Waals surface area contributed by atoms with Gasteiger partial charge in [-0.25, -0.2) is 0 Å². The van der Waals surface area contributed by atoms with Crippen LogP contribution in [0.2, 0.25) is 0 Å². The van der Waals surface area contributed by atoms with E-state index in [9.17, 15) is 4.79 Å². The van der Waals surface area contributed by atoms with Gasteiger partial charge in [-0.05, 0) is 30.1 Å². The maximum atomic E-state index is 11.8.